The summed E-state index contributed by atoms with van der Waals surface area (Å²) in [6.45, 7) is 2.04. The third kappa shape index (κ3) is 3.23. The van der Waals surface area contributed by atoms with E-state index >= 15 is 0 Å². The van der Waals surface area contributed by atoms with Crippen molar-refractivity contribution < 1.29 is 0 Å². The molecule has 0 radical (unpaired) electrons. The van der Waals surface area contributed by atoms with Gasteiger partial charge in [-0.05, 0) is 5.75 Å². The summed E-state index contributed by atoms with van der Waals surface area (Å²) in [6.07, 6.45) is 0. The van der Waals surface area contributed by atoms with Crippen LogP contribution in [-0.4, -0.2) is 22.1 Å². The van der Waals surface area contributed by atoms with E-state index in [1.807, 2.05) is 6.92 Å². The Morgan fingerprint density at radius 2 is 2.38 bits per heavy atom. The summed E-state index contributed by atoms with van der Waals surface area (Å²) >= 11 is 6.41. The maximum Gasteiger partial charge on any atom is 0.150 e. The minimum absolute atomic E-state index is 0.743. The molecule has 0 amide bonds. The molecule has 0 unspecified atom stereocenters. The highest BCUT2D eigenvalue weighted by atomic mass is 32.2. The van der Waals surface area contributed by atoms with Gasteiger partial charge in [0.15, 0.2) is 0 Å². The zero-order valence-corrected chi connectivity index (χ0v) is 6.68. The summed E-state index contributed by atoms with van der Waals surface area (Å²) in [4.78, 5) is 0. The number of nitrogens with two attached hydrogens (primary N) is 1. The molecule has 8 heavy (non-hydrogen) atoms. The van der Waals surface area contributed by atoms with Crippen molar-refractivity contribution in [2.24, 2.45) is 5.84 Å². The minimum atomic E-state index is 0.743. The van der Waals surface area contributed by atoms with Gasteiger partial charge in [0, 0.05) is 7.05 Å². The van der Waals surface area contributed by atoms with Crippen molar-refractivity contribution in [3.8, 4) is 0 Å². The Bertz CT molecular complexity index is 82.1. The molecule has 0 aromatic rings. The second-order valence-corrected chi connectivity index (χ2v) is 3.21. The highest BCUT2D eigenvalue weighted by Crippen LogP contribution is 2.02. The molecular weight excluding hydrogens is 140 g/mol. The lowest BCUT2D eigenvalue weighted by Crippen LogP contribution is -2.29. The summed E-state index contributed by atoms with van der Waals surface area (Å²) in [5.74, 6) is 6.28. The Morgan fingerprint density at radius 1 is 1.88 bits per heavy atom. The molecule has 0 aliphatic carbocycles. The van der Waals surface area contributed by atoms with E-state index < -0.39 is 0 Å². The first-order valence-corrected chi connectivity index (χ1v) is 3.73. The van der Waals surface area contributed by atoms with Crippen LogP contribution in [0.4, 0.5) is 0 Å². The fraction of sp³-hybridized carbons (Fsp3) is 0.750. The molecule has 0 saturated heterocycles. The van der Waals surface area contributed by atoms with Crippen molar-refractivity contribution in [3.05, 3.63) is 0 Å². The van der Waals surface area contributed by atoms with E-state index in [-0.39, 0.29) is 0 Å². The normalized spacial score (nSPS) is 8.88. The van der Waals surface area contributed by atoms with Crippen molar-refractivity contribution >= 4 is 28.3 Å². The van der Waals surface area contributed by atoms with E-state index in [4.69, 9.17) is 18.1 Å². The number of hydrogen-bond acceptors (Lipinski definition) is 3. The zero-order chi connectivity index (χ0) is 6.57. The average Bonchev–Trinajstić information content (AvgIpc) is 1.67. The number of rotatable bonds is 1. The molecule has 0 aliphatic rings. The Hall–Kier alpha value is 0.200. The van der Waals surface area contributed by atoms with Crippen molar-refractivity contribution in [2.45, 2.75) is 6.92 Å². The predicted molar refractivity (Wildman–Crippen MR) is 42.7 cm³/mol. The van der Waals surface area contributed by atoms with Crippen molar-refractivity contribution in [2.75, 3.05) is 12.8 Å². The van der Waals surface area contributed by atoms with Crippen LogP contribution < -0.4 is 5.84 Å². The molecule has 0 aromatic carbocycles. The molecule has 2 nitrogen and oxygen atoms in total. The van der Waals surface area contributed by atoms with Gasteiger partial charge >= 0.3 is 0 Å². The Balaban J connectivity index is 3.33. The summed E-state index contributed by atoms with van der Waals surface area (Å²) in [6, 6.07) is 0. The van der Waals surface area contributed by atoms with Gasteiger partial charge in [0.1, 0.15) is 4.32 Å². The molecule has 2 N–H and O–H groups in total. The number of thiocarbonyl (C=S) groups is 1. The van der Waals surface area contributed by atoms with E-state index in [0.717, 1.165) is 10.1 Å². The first kappa shape index (κ1) is 8.20. The molecule has 0 bridgehead atoms. The van der Waals surface area contributed by atoms with Crippen LogP contribution in [0.2, 0.25) is 0 Å². The van der Waals surface area contributed by atoms with Crippen LogP contribution in [0.3, 0.4) is 0 Å². The van der Waals surface area contributed by atoms with Crippen LogP contribution in [0.1, 0.15) is 6.92 Å². The largest absolute Gasteiger partial charge is 0.299 e. The second-order valence-electron chi connectivity index (χ2n) is 1.31. The van der Waals surface area contributed by atoms with Crippen LogP contribution in [0.15, 0.2) is 0 Å². The van der Waals surface area contributed by atoms with Gasteiger partial charge in [-0.2, -0.15) is 0 Å². The Morgan fingerprint density at radius 3 is 2.50 bits per heavy atom. The summed E-state index contributed by atoms with van der Waals surface area (Å²) in [5.41, 5.74) is 0. The molecule has 4 heteroatoms. The number of hydrazine groups is 1. The van der Waals surface area contributed by atoms with Crippen LogP contribution in [0.25, 0.3) is 0 Å². The van der Waals surface area contributed by atoms with E-state index in [9.17, 15) is 0 Å². The molecule has 0 aromatic heterocycles. The van der Waals surface area contributed by atoms with Gasteiger partial charge in [-0.1, -0.05) is 30.9 Å². The van der Waals surface area contributed by atoms with Crippen LogP contribution >= 0.6 is 24.0 Å². The number of hydrogen-bond donors (Lipinski definition) is 1. The quantitative estimate of drug-likeness (QED) is 0.340. The fourth-order valence-electron chi connectivity index (χ4n) is 0.225. The van der Waals surface area contributed by atoms with E-state index in [2.05, 4.69) is 0 Å². The van der Waals surface area contributed by atoms with E-state index in [0.29, 0.717) is 0 Å². The standard InChI is InChI=1S/C4H10N2S2/c1-3-8-4(7)6(2)5/h3,5H2,1-2H3. The van der Waals surface area contributed by atoms with Crippen molar-refractivity contribution in [1.82, 2.24) is 5.01 Å². The first-order chi connectivity index (χ1) is 3.68. The van der Waals surface area contributed by atoms with Crippen LogP contribution in [-0.2, 0) is 0 Å². The first-order valence-electron chi connectivity index (χ1n) is 2.33. The Kier molecular flexibility index (Phi) is 4.22. The lowest BCUT2D eigenvalue weighted by atomic mass is 11.0. The van der Waals surface area contributed by atoms with Gasteiger partial charge < -0.3 is 0 Å². The van der Waals surface area contributed by atoms with Gasteiger partial charge in [-0.15, -0.1) is 0 Å². The maximum atomic E-state index is 5.29. The lowest BCUT2D eigenvalue weighted by Gasteiger charge is -2.09. The molecule has 0 saturated carbocycles. The summed E-state index contributed by atoms with van der Waals surface area (Å²) < 4.78 is 0.743. The SMILES string of the molecule is CCSC(=S)N(C)N. The third-order valence-electron chi connectivity index (χ3n) is 0.556. The highest BCUT2D eigenvalue weighted by molar-refractivity contribution is 8.22. The lowest BCUT2D eigenvalue weighted by molar-refractivity contribution is 0.560. The van der Waals surface area contributed by atoms with E-state index in [1.54, 1.807) is 18.8 Å². The maximum absolute atomic E-state index is 5.29. The number of thioether (sulfide) groups is 1. The molecule has 0 aliphatic heterocycles. The van der Waals surface area contributed by atoms with Gasteiger partial charge in [-0.25, -0.2) is 5.84 Å². The Labute approximate surface area is 59.4 Å². The summed E-state index contributed by atoms with van der Waals surface area (Å²) in [5, 5.41) is 1.45. The monoisotopic (exact) mass is 150 g/mol. The number of nitrogens with zero attached hydrogens (tertiary/aromatic N) is 1. The topological polar surface area (TPSA) is 29.3 Å². The van der Waals surface area contributed by atoms with Crippen LogP contribution in [0.5, 0.6) is 0 Å². The predicted octanol–water partition coefficient (Wildman–Crippen LogP) is 0.830. The molecule has 0 rings (SSSR count). The smallest absolute Gasteiger partial charge is 0.150 e. The van der Waals surface area contributed by atoms with E-state index in [1.165, 1.54) is 5.01 Å². The van der Waals surface area contributed by atoms with Crippen molar-refractivity contribution in [1.29, 1.82) is 0 Å². The molecule has 48 valence electrons. The van der Waals surface area contributed by atoms with Crippen LogP contribution in [0, 0.1) is 0 Å². The molecule has 0 heterocycles. The molecule has 0 spiro atoms. The minimum Gasteiger partial charge on any atom is -0.299 e. The highest BCUT2D eigenvalue weighted by Gasteiger charge is 1.94. The molecule has 0 atom stereocenters. The van der Waals surface area contributed by atoms with Gasteiger partial charge in [0.25, 0.3) is 0 Å². The van der Waals surface area contributed by atoms with Gasteiger partial charge in [-0.3, -0.25) is 5.01 Å². The second kappa shape index (κ2) is 4.12. The summed E-state index contributed by atoms with van der Waals surface area (Å²) in [7, 11) is 1.74. The third-order valence-corrected chi connectivity index (χ3v) is 2.02. The fourth-order valence-corrected chi connectivity index (χ4v) is 1.03. The van der Waals surface area contributed by atoms with Gasteiger partial charge in [0.05, 0.1) is 0 Å². The molecular formula is C4H10N2S2. The average molecular weight is 150 g/mol. The van der Waals surface area contributed by atoms with Crippen molar-refractivity contribution in [3.63, 3.8) is 0 Å². The van der Waals surface area contributed by atoms with Gasteiger partial charge in [0.2, 0.25) is 0 Å². The zero-order valence-electron chi connectivity index (χ0n) is 5.05. The molecule has 0 fully saturated rings.